The minimum absolute atomic E-state index is 0.0594. The van der Waals surface area contributed by atoms with Gasteiger partial charge in [0.1, 0.15) is 5.69 Å². The third kappa shape index (κ3) is 2.32. The van der Waals surface area contributed by atoms with Crippen LogP contribution in [-0.2, 0) is 6.42 Å². The van der Waals surface area contributed by atoms with Crippen LogP contribution >= 0.6 is 0 Å². The van der Waals surface area contributed by atoms with Crippen molar-refractivity contribution in [3.63, 3.8) is 0 Å². The number of carbonyl (C=O) groups excluding carboxylic acids is 1. The van der Waals surface area contributed by atoms with Gasteiger partial charge in [-0.1, -0.05) is 24.3 Å². The van der Waals surface area contributed by atoms with Crippen LogP contribution in [0.3, 0.4) is 0 Å². The molecule has 24 heavy (non-hydrogen) atoms. The third-order valence-electron chi connectivity index (χ3n) is 3.73. The van der Waals surface area contributed by atoms with Crippen LogP contribution in [-0.4, -0.2) is 30.6 Å². The summed E-state index contributed by atoms with van der Waals surface area (Å²) in [6, 6.07) is 10.8. The van der Waals surface area contributed by atoms with Crippen LogP contribution < -0.4 is 5.56 Å². The Hall–Kier alpha value is -3.48. The lowest BCUT2D eigenvalue weighted by Gasteiger charge is -2.04. The third-order valence-corrected chi connectivity index (χ3v) is 3.73. The molecule has 4 aromatic rings. The molecule has 3 aromatic heterocycles. The molecule has 0 bridgehead atoms. The summed E-state index contributed by atoms with van der Waals surface area (Å²) in [6.45, 7) is 0. The summed E-state index contributed by atoms with van der Waals surface area (Å²) in [5.41, 5.74) is 0.415. The number of hydrogen-bond acceptors (Lipinski definition) is 6. The average Bonchev–Trinajstić information content (AvgIpc) is 2.64. The fourth-order valence-corrected chi connectivity index (χ4v) is 2.51. The molecule has 7 heteroatoms. The van der Waals surface area contributed by atoms with Gasteiger partial charge in [-0.15, -0.1) is 10.2 Å². The molecule has 0 spiro atoms. The van der Waals surface area contributed by atoms with Crippen molar-refractivity contribution < 1.29 is 4.79 Å². The number of Topliss-reactive ketones (excluding diaryl/α,β-unsaturated/α-hetero) is 1. The molecule has 0 amide bonds. The van der Waals surface area contributed by atoms with E-state index in [9.17, 15) is 9.59 Å². The first kappa shape index (κ1) is 14.1. The Balaban J connectivity index is 1.81. The summed E-state index contributed by atoms with van der Waals surface area (Å²) in [5.74, 6) is -0.241. The van der Waals surface area contributed by atoms with E-state index in [4.69, 9.17) is 0 Å². The first-order chi connectivity index (χ1) is 11.7. The van der Waals surface area contributed by atoms with E-state index >= 15 is 0 Å². The molecule has 0 fully saturated rings. The second kappa shape index (κ2) is 5.62. The molecule has 1 aromatic carbocycles. The summed E-state index contributed by atoms with van der Waals surface area (Å²) >= 11 is 0. The van der Waals surface area contributed by atoms with Gasteiger partial charge < -0.3 is 0 Å². The second-order valence-corrected chi connectivity index (χ2v) is 5.26. The molecule has 7 nitrogen and oxygen atoms in total. The maximum atomic E-state index is 12.6. The molecule has 4 rings (SSSR count). The molecular formula is C17H11N5O2. The predicted octanol–water partition coefficient (Wildman–Crippen LogP) is 1.46. The SMILES string of the molecule is O=C(Cc1nnc2c3ccccc3cnn2c1=O)c1cccnc1. The lowest BCUT2D eigenvalue weighted by Crippen LogP contribution is -2.25. The Bertz CT molecular complexity index is 1120. The van der Waals surface area contributed by atoms with Crippen molar-refractivity contribution in [2.24, 2.45) is 0 Å². The summed E-state index contributed by atoms with van der Waals surface area (Å²) in [5, 5.41) is 13.8. The van der Waals surface area contributed by atoms with E-state index in [-0.39, 0.29) is 17.9 Å². The van der Waals surface area contributed by atoms with Crippen LogP contribution in [0.25, 0.3) is 16.4 Å². The number of carbonyl (C=O) groups is 1. The molecule has 0 saturated carbocycles. The number of nitrogens with zero attached hydrogens (tertiary/aromatic N) is 5. The van der Waals surface area contributed by atoms with Crippen LogP contribution in [0.5, 0.6) is 0 Å². The molecule has 0 N–H and O–H groups in total. The number of aromatic nitrogens is 5. The molecule has 0 aliphatic heterocycles. The van der Waals surface area contributed by atoms with Gasteiger partial charge in [0.2, 0.25) is 0 Å². The lowest BCUT2D eigenvalue weighted by atomic mass is 10.1. The summed E-state index contributed by atoms with van der Waals surface area (Å²) in [6.07, 6.45) is 4.49. The van der Waals surface area contributed by atoms with Crippen molar-refractivity contribution in [3.05, 3.63) is 76.6 Å². The van der Waals surface area contributed by atoms with Crippen LogP contribution in [0, 0.1) is 0 Å². The minimum atomic E-state index is -0.442. The first-order valence-corrected chi connectivity index (χ1v) is 7.29. The van der Waals surface area contributed by atoms with Gasteiger partial charge in [0.15, 0.2) is 11.4 Å². The van der Waals surface area contributed by atoms with Crippen LogP contribution in [0.1, 0.15) is 16.1 Å². The van der Waals surface area contributed by atoms with E-state index in [1.807, 2.05) is 24.3 Å². The van der Waals surface area contributed by atoms with E-state index in [2.05, 4.69) is 20.3 Å². The Morgan fingerprint density at radius 3 is 2.75 bits per heavy atom. The maximum Gasteiger partial charge on any atom is 0.296 e. The van der Waals surface area contributed by atoms with Gasteiger partial charge in [0, 0.05) is 28.7 Å². The molecule has 0 aliphatic carbocycles. The highest BCUT2D eigenvalue weighted by Gasteiger charge is 2.15. The highest BCUT2D eigenvalue weighted by Crippen LogP contribution is 2.15. The highest BCUT2D eigenvalue weighted by molar-refractivity contribution is 5.97. The largest absolute Gasteiger partial charge is 0.296 e. The van der Waals surface area contributed by atoms with Gasteiger partial charge in [-0.05, 0) is 12.1 Å². The summed E-state index contributed by atoms with van der Waals surface area (Å²) < 4.78 is 1.18. The average molecular weight is 317 g/mol. The van der Waals surface area contributed by atoms with Crippen molar-refractivity contribution in [2.45, 2.75) is 6.42 Å². The normalized spacial score (nSPS) is 11.0. The number of fused-ring (bicyclic) bond motifs is 3. The van der Waals surface area contributed by atoms with Crippen molar-refractivity contribution in [3.8, 4) is 0 Å². The molecule has 3 heterocycles. The Labute approximate surface area is 135 Å². The number of benzene rings is 1. The first-order valence-electron chi connectivity index (χ1n) is 7.29. The zero-order valence-electron chi connectivity index (χ0n) is 12.5. The molecule has 116 valence electrons. The summed E-state index contributed by atoms with van der Waals surface area (Å²) in [4.78, 5) is 28.7. The van der Waals surface area contributed by atoms with Gasteiger partial charge in [0.05, 0.1) is 12.6 Å². The standard InChI is InChI=1S/C17H11N5O2/c23-15(12-5-3-7-18-9-12)8-14-17(24)22-16(21-20-14)13-6-2-1-4-11(13)10-19-22/h1-7,9-10H,8H2. The lowest BCUT2D eigenvalue weighted by molar-refractivity contribution is 0.0991. The Morgan fingerprint density at radius 1 is 1.04 bits per heavy atom. The van der Waals surface area contributed by atoms with E-state index in [0.29, 0.717) is 11.2 Å². The molecule has 0 atom stereocenters. The van der Waals surface area contributed by atoms with Gasteiger partial charge in [0.25, 0.3) is 5.56 Å². The predicted molar refractivity (Wildman–Crippen MR) is 86.8 cm³/mol. The van der Waals surface area contributed by atoms with E-state index in [1.54, 1.807) is 24.5 Å². The fourth-order valence-electron chi connectivity index (χ4n) is 2.51. The van der Waals surface area contributed by atoms with Crippen molar-refractivity contribution >= 4 is 22.2 Å². The molecule has 0 unspecified atom stereocenters. The zero-order chi connectivity index (χ0) is 16.5. The van der Waals surface area contributed by atoms with Gasteiger partial charge in [-0.2, -0.15) is 9.61 Å². The quantitative estimate of drug-likeness (QED) is 0.420. The second-order valence-electron chi connectivity index (χ2n) is 5.26. The number of rotatable bonds is 3. The van der Waals surface area contributed by atoms with Crippen molar-refractivity contribution in [2.75, 3.05) is 0 Å². The minimum Gasteiger partial charge on any atom is -0.294 e. The van der Waals surface area contributed by atoms with Gasteiger partial charge in [-0.3, -0.25) is 14.6 Å². The molecular weight excluding hydrogens is 306 g/mol. The number of hydrogen-bond donors (Lipinski definition) is 0. The van der Waals surface area contributed by atoms with Crippen LogP contribution in [0.15, 0.2) is 59.8 Å². The number of ketones is 1. The highest BCUT2D eigenvalue weighted by atomic mass is 16.1. The van der Waals surface area contributed by atoms with E-state index in [1.165, 1.54) is 10.7 Å². The zero-order valence-corrected chi connectivity index (χ0v) is 12.5. The Kier molecular flexibility index (Phi) is 3.31. The monoisotopic (exact) mass is 317 g/mol. The maximum absolute atomic E-state index is 12.6. The van der Waals surface area contributed by atoms with Crippen LogP contribution in [0.4, 0.5) is 0 Å². The van der Waals surface area contributed by atoms with E-state index in [0.717, 1.165) is 10.8 Å². The fraction of sp³-hybridized carbons (Fsp3) is 0.0588. The van der Waals surface area contributed by atoms with Crippen molar-refractivity contribution in [1.82, 2.24) is 24.8 Å². The molecule has 0 saturated heterocycles. The van der Waals surface area contributed by atoms with E-state index < -0.39 is 5.56 Å². The van der Waals surface area contributed by atoms with Crippen molar-refractivity contribution in [1.29, 1.82) is 0 Å². The number of pyridine rings is 1. The van der Waals surface area contributed by atoms with Crippen LogP contribution in [0.2, 0.25) is 0 Å². The summed E-state index contributed by atoms with van der Waals surface area (Å²) in [7, 11) is 0. The molecule has 0 radical (unpaired) electrons. The molecule has 0 aliphatic rings. The smallest absolute Gasteiger partial charge is 0.294 e. The topological polar surface area (TPSA) is 90.1 Å². The Morgan fingerprint density at radius 2 is 1.92 bits per heavy atom. The van der Waals surface area contributed by atoms with Gasteiger partial charge >= 0.3 is 0 Å². The van der Waals surface area contributed by atoms with Gasteiger partial charge in [-0.25, -0.2) is 0 Å².